The molecule has 0 amide bonds. The predicted molar refractivity (Wildman–Crippen MR) is 168 cm³/mol. The van der Waals surface area contributed by atoms with Gasteiger partial charge in [0.05, 0.1) is 34.3 Å². The molecule has 0 aliphatic heterocycles. The average molecular weight is 544 g/mol. The third kappa shape index (κ3) is 4.13. The first-order valence-electron chi connectivity index (χ1n) is 13.4. The van der Waals surface area contributed by atoms with Crippen LogP contribution in [0, 0.1) is 0 Å². The van der Waals surface area contributed by atoms with E-state index in [1.165, 1.54) is 11.7 Å². The first kappa shape index (κ1) is 23.5. The molecule has 41 heavy (non-hydrogen) atoms. The van der Waals surface area contributed by atoms with Gasteiger partial charge in [-0.1, -0.05) is 103 Å². The maximum Gasteiger partial charge on any atom is 0.160 e. The summed E-state index contributed by atoms with van der Waals surface area (Å²) >= 11 is 1.24. The molecule has 0 bridgehead atoms. The maximum absolute atomic E-state index is 5.10. The standard InChI is InChI=1S/C35H21N5S/c1-3-9-22(10-4-1)30-21-31(38-35(37-30)25-11-5-2-6-12-25)23-15-17-24(18-16-23)33-27-19-20-29-34(40-41-39-29)32(27)26-13-7-8-14-28(26)36-33/h1-21H. The monoisotopic (exact) mass is 543 g/mol. The summed E-state index contributed by atoms with van der Waals surface area (Å²) in [5.41, 5.74) is 9.55. The summed E-state index contributed by atoms with van der Waals surface area (Å²) in [7, 11) is 0. The number of rotatable bonds is 4. The molecule has 0 fully saturated rings. The maximum atomic E-state index is 5.10. The highest BCUT2D eigenvalue weighted by atomic mass is 32.1. The summed E-state index contributed by atoms with van der Waals surface area (Å²) in [6.45, 7) is 0. The zero-order chi connectivity index (χ0) is 27.2. The van der Waals surface area contributed by atoms with Gasteiger partial charge in [0.2, 0.25) is 0 Å². The van der Waals surface area contributed by atoms with E-state index < -0.39 is 0 Å². The van der Waals surface area contributed by atoms with Gasteiger partial charge in [-0.3, -0.25) is 0 Å². The van der Waals surface area contributed by atoms with Gasteiger partial charge in [-0.2, -0.15) is 8.75 Å². The highest BCUT2D eigenvalue weighted by Crippen LogP contribution is 2.37. The van der Waals surface area contributed by atoms with Crippen molar-refractivity contribution >= 4 is 44.4 Å². The van der Waals surface area contributed by atoms with Crippen LogP contribution < -0.4 is 0 Å². The van der Waals surface area contributed by atoms with Crippen molar-refractivity contribution in [3.63, 3.8) is 0 Å². The smallest absolute Gasteiger partial charge is 0.160 e. The third-order valence-electron chi connectivity index (χ3n) is 7.37. The first-order chi connectivity index (χ1) is 20.3. The molecule has 3 heterocycles. The molecule has 0 atom stereocenters. The van der Waals surface area contributed by atoms with E-state index in [-0.39, 0.29) is 0 Å². The van der Waals surface area contributed by atoms with Crippen molar-refractivity contribution in [3.8, 4) is 45.2 Å². The first-order valence-corrected chi connectivity index (χ1v) is 14.1. The van der Waals surface area contributed by atoms with Crippen molar-refractivity contribution in [1.29, 1.82) is 0 Å². The van der Waals surface area contributed by atoms with E-state index >= 15 is 0 Å². The fourth-order valence-electron chi connectivity index (χ4n) is 5.37. The largest absolute Gasteiger partial charge is 0.247 e. The number of benzene rings is 5. The molecule has 3 aromatic heterocycles. The van der Waals surface area contributed by atoms with Crippen molar-refractivity contribution in [2.75, 3.05) is 0 Å². The van der Waals surface area contributed by atoms with Gasteiger partial charge in [-0.05, 0) is 24.3 Å². The van der Waals surface area contributed by atoms with Crippen molar-refractivity contribution in [1.82, 2.24) is 23.7 Å². The predicted octanol–water partition coefficient (Wildman–Crippen LogP) is 8.85. The topological polar surface area (TPSA) is 64.5 Å². The molecule has 0 saturated carbocycles. The van der Waals surface area contributed by atoms with Gasteiger partial charge < -0.3 is 0 Å². The minimum atomic E-state index is 0.703. The quantitative estimate of drug-likeness (QED) is 0.208. The molecule has 5 nitrogen and oxygen atoms in total. The molecule has 5 aromatic carbocycles. The Kier molecular flexibility index (Phi) is 5.57. The van der Waals surface area contributed by atoms with Gasteiger partial charge in [-0.15, -0.1) is 0 Å². The van der Waals surface area contributed by atoms with E-state index in [0.717, 1.165) is 72.0 Å². The Morgan fingerprint density at radius 3 is 1.83 bits per heavy atom. The number of hydrogen-bond donors (Lipinski definition) is 0. The van der Waals surface area contributed by atoms with Crippen molar-refractivity contribution in [2.45, 2.75) is 0 Å². The lowest BCUT2D eigenvalue weighted by Gasteiger charge is -2.12. The lowest BCUT2D eigenvalue weighted by atomic mass is 9.98. The van der Waals surface area contributed by atoms with Crippen LogP contribution >= 0.6 is 11.7 Å². The molecule has 0 unspecified atom stereocenters. The molecule has 8 aromatic rings. The molecule has 0 spiro atoms. The molecule has 6 heteroatoms. The van der Waals surface area contributed by atoms with Crippen LogP contribution in [0.25, 0.3) is 77.9 Å². The molecular weight excluding hydrogens is 522 g/mol. The van der Waals surface area contributed by atoms with E-state index in [1.807, 2.05) is 66.7 Å². The second-order valence-corrected chi connectivity index (χ2v) is 10.4. The normalized spacial score (nSPS) is 11.4. The highest BCUT2D eigenvalue weighted by molar-refractivity contribution is 7.00. The van der Waals surface area contributed by atoms with E-state index in [0.29, 0.717) is 5.82 Å². The van der Waals surface area contributed by atoms with Crippen LogP contribution in [0.15, 0.2) is 127 Å². The molecule has 0 aliphatic rings. The molecule has 0 aliphatic carbocycles. The van der Waals surface area contributed by atoms with Crippen LogP contribution in [0.1, 0.15) is 0 Å². The Morgan fingerprint density at radius 2 is 1.07 bits per heavy atom. The van der Waals surface area contributed by atoms with Gasteiger partial charge in [0.25, 0.3) is 0 Å². The molecule has 0 radical (unpaired) electrons. The Morgan fingerprint density at radius 1 is 0.439 bits per heavy atom. The van der Waals surface area contributed by atoms with E-state index in [4.69, 9.17) is 15.0 Å². The van der Waals surface area contributed by atoms with Gasteiger partial charge in [0.1, 0.15) is 11.0 Å². The third-order valence-corrected chi connectivity index (χ3v) is 7.91. The zero-order valence-corrected chi connectivity index (χ0v) is 22.6. The summed E-state index contributed by atoms with van der Waals surface area (Å²) < 4.78 is 9.12. The number of nitrogens with zero attached hydrogens (tertiary/aromatic N) is 5. The lowest BCUT2D eigenvalue weighted by molar-refractivity contribution is 1.18. The summed E-state index contributed by atoms with van der Waals surface area (Å²) in [5.74, 6) is 0.703. The Bertz CT molecular complexity index is 2130. The van der Waals surface area contributed by atoms with Gasteiger partial charge in [0.15, 0.2) is 5.82 Å². The van der Waals surface area contributed by atoms with Crippen LogP contribution in [-0.4, -0.2) is 23.7 Å². The number of para-hydroxylation sites is 1. The van der Waals surface area contributed by atoms with Crippen LogP contribution in [0.2, 0.25) is 0 Å². The summed E-state index contributed by atoms with van der Waals surface area (Å²) in [5, 5.41) is 3.25. The molecular formula is C35H21N5S. The molecule has 0 saturated heterocycles. The molecule has 8 rings (SSSR count). The fraction of sp³-hybridized carbons (Fsp3) is 0. The molecule has 0 N–H and O–H groups in total. The summed E-state index contributed by atoms with van der Waals surface area (Å²) in [6, 6.07) is 43.3. The van der Waals surface area contributed by atoms with Gasteiger partial charge in [-0.25, -0.2) is 15.0 Å². The zero-order valence-electron chi connectivity index (χ0n) is 21.8. The van der Waals surface area contributed by atoms with Crippen molar-refractivity contribution in [2.24, 2.45) is 0 Å². The summed E-state index contributed by atoms with van der Waals surface area (Å²) in [6.07, 6.45) is 0. The van der Waals surface area contributed by atoms with Crippen LogP contribution in [-0.2, 0) is 0 Å². The Labute approximate surface area is 240 Å². The van der Waals surface area contributed by atoms with E-state index in [2.05, 4.69) is 69.4 Å². The van der Waals surface area contributed by atoms with Crippen LogP contribution in [0.3, 0.4) is 0 Å². The van der Waals surface area contributed by atoms with Crippen molar-refractivity contribution in [3.05, 3.63) is 127 Å². The minimum absolute atomic E-state index is 0.703. The second kappa shape index (κ2) is 9.70. The Balaban J connectivity index is 1.28. The Hall–Kier alpha value is -5.33. The second-order valence-electron chi connectivity index (χ2n) is 9.87. The number of fused-ring (bicyclic) bond motifs is 5. The average Bonchev–Trinajstić information content (AvgIpc) is 3.54. The van der Waals surface area contributed by atoms with Crippen LogP contribution in [0.5, 0.6) is 0 Å². The summed E-state index contributed by atoms with van der Waals surface area (Å²) in [4.78, 5) is 15.0. The van der Waals surface area contributed by atoms with Gasteiger partial charge in [0, 0.05) is 38.4 Å². The van der Waals surface area contributed by atoms with Crippen molar-refractivity contribution < 1.29 is 0 Å². The van der Waals surface area contributed by atoms with Gasteiger partial charge >= 0.3 is 0 Å². The SMILES string of the molecule is c1ccc(-c2cc(-c3ccc(-c4nc5ccccc5c5c4ccc4nsnc45)cc3)nc(-c3ccccc3)n2)cc1. The fourth-order valence-corrected chi connectivity index (χ4v) is 5.91. The number of hydrogen-bond acceptors (Lipinski definition) is 6. The van der Waals surface area contributed by atoms with E-state index in [9.17, 15) is 0 Å². The highest BCUT2D eigenvalue weighted by Gasteiger charge is 2.16. The number of aromatic nitrogens is 5. The molecule has 192 valence electrons. The van der Waals surface area contributed by atoms with E-state index in [1.54, 1.807) is 0 Å². The lowest BCUT2D eigenvalue weighted by Crippen LogP contribution is -1.96. The minimum Gasteiger partial charge on any atom is -0.247 e. The van der Waals surface area contributed by atoms with Crippen LogP contribution in [0.4, 0.5) is 0 Å². The number of pyridine rings is 1.